The summed E-state index contributed by atoms with van der Waals surface area (Å²) in [5.74, 6) is -0.203. The Labute approximate surface area is 122 Å². The normalized spacial score (nSPS) is 10.2. The highest BCUT2D eigenvalue weighted by Crippen LogP contribution is 2.21. The highest BCUT2D eigenvalue weighted by molar-refractivity contribution is 6.05. The van der Waals surface area contributed by atoms with E-state index >= 15 is 0 Å². The van der Waals surface area contributed by atoms with Crippen molar-refractivity contribution in [2.45, 2.75) is 13.3 Å². The Kier molecular flexibility index (Phi) is 4.77. The van der Waals surface area contributed by atoms with Gasteiger partial charge < -0.3 is 15.8 Å². The highest BCUT2D eigenvalue weighted by atomic mass is 19.1. The van der Waals surface area contributed by atoms with E-state index in [4.69, 9.17) is 10.5 Å². The molecule has 0 saturated heterocycles. The Morgan fingerprint density at radius 2 is 2.10 bits per heavy atom. The molecule has 2 rings (SSSR count). The Bertz CT molecular complexity index is 644. The van der Waals surface area contributed by atoms with Gasteiger partial charge in [0.05, 0.1) is 18.0 Å². The first-order valence-corrected chi connectivity index (χ1v) is 6.69. The molecule has 4 nitrogen and oxygen atoms in total. The first-order valence-electron chi connectivity index (χ1n) is 6.69. The summed E-state index contributed by atoms with van der Waals surface area (Å²) in [5, 5.41) is 2.59. The number of carbonyl (C=O) groups is 1. The molecule has 5 heteroatoms. The van der Waals surface area contributed by atoms with E-state index in [0.717, 1.165) is 6.42 Å². The Morgan fingerprint density at radius 3 is 2.86 bits per heavy atom. The van der Waals surface area contributed by atoms with Crippen LogP contribution in [0, 0.1) is 5.82 Å². The number of amides is 1. The van der Waals surface area contributed by atoms with Crippen LogP contribution in [0.1, 0.15) is 23.7 Å². The van der Waals surface area contributed by atoms with Crippen LogP contribution in [-0.4, -0.2) is 12.5 Å². The van der Waals surface area contributed by atoms with Crippen molar-refractivity contribution in [2.24, 2.45) is 0 Å². The van der Waals surface area contributed by atoms with Gasteiger partial charge in [0, 0.05) is 5.56 Å². The highest BCUT2D eigenvalue weighted by Gasteiger charge is 2.10. The number of hydrogen-bond acceptors (Lipinski definition) is 3. The lowest BCUT2D eigenvalue weighted by molar-refractivity contribution is 0.102. The summed E-state index contributed by atoms with van der Waals surface area (Å²) in [6.07, 6.45) is 0.885. The predicted molar refractivity (Wildman–Crippen MR) is 81.0 cm³/mol. The molecular formula is C16H17FN2O2. The Morgan fingerprint density at radius 1 is 1.29 bits per heavy atom. The van der Waals surface area contributed by atoms with E-state index < -0.39 is 5.82 Å². The zero-order chi connectivity index (χ0) is 15.2. The molecule has 3 N–H and O–H groups in total. The summed E-state index contributed by atoms with van der Waals surface area (Å²) in [7, 11) is 0. The SMILES string of the molecule is CCCOc1cccc(C(=O)Nc2cc(F)ccc2N)c1. The largest absolute Gasteiger partial charge is 0.494 e. The molecule has 0 atom stereocenters. The van der Waals surface area contributed by atoms with E-state index in [9.17, 15) is 9.18 Å². The summed E-state index contributed by atoms with van der Waals surface area (Å²) in [6.45, 7) is 2.59. The first kappa shape index (κ1) is 14.8. The number of rotatable bonds is 5. The van der Waals surface area contributed by atoms with Crippen LogP contribution in [-0.2, 0) is 0 Å². The molecule has 0 heterocycles. The average Bonchev–Trinajstić information content (AvgIpc) is 2.49. The van der Waals surface area contributed by atoms with Gasteiger partial charge in [-0.25, -0.2) is 4.39 Å². The van der Waals surface area contributed by atoms with Crippen LogP contribution in [0.3, 0.4) is 0 Å². The standard InChI is InChI=1S/C16H17FN2O2/c1-2-8-21-13-5-3-4-11(9-13)16(20)19-15-10-12(17)6-7-14(15)18/h3-7,9-10H,2,8,18H2,1H3,(H,19,20). The molecule has 21 heavy (non-hydrogen) atoms. The number of carbonyl (C=O) groups excluding carboxylic acids is 1. The number of ether oxygens (including phenoxy) is 1. The molecule has 0 radical (unpaired) electrons. The first-order chi connectivity index (χ1) is 10.1. The van der Waals surface area contributed by atoms with E-state index in [0.29, 0.717) is 23.6 Å². The van der Waals surface area contributed by atoms with E-state index in [2.05, 4.69) is 5.32 Å². The van der Waals surface area contributed by atoms with E-state index in [1.165, 1.54) is 18.2 Å². The molecule has 0 aromatic heterocycles. The van der Waals surface area contributed by atoms with Crippen molar-refractivity contribution < 1.29 is 13.9 Å². The molecular weight excluding hydrogens is 271 g/mol. The average molecular weight is 288 g/mol. The molecule has 0 aliphatic heterocycles. The zero-order valence-electron chi connectivity index (χ0n) is 11.7. The number of nitrogen functional groups attached to an aromatic ring is 1. The second-order valence-corrected chi connectivity index (χ2v) is 4.56. The fourth-order valence-corrected chi connectivity index (χ4v) is 1.78. The van der Waals surface area contributed by atoms with Crippen LogP contribution in [0.5, 0.6) is 5.75 Å². The maximum atomic E-state index is 13.2. The Balaban J connectivity index is 2.14. The van der Waals surface area contributed by atoms with Crippen molar-refractivity contribution in [3.63, 3.8) is 0 Å². The van der Waals surface area contributed by atoms with Gasteiger partial charge in [-0.2, -0.15) is 0 Å². The topological polar surface area (TPSA) is 64.3 Å². The van der Waals surface area contributed by atoms with Crippen LogP contribution in [0.15, 0.2) is 42.5 Å². The van der Waals surface area contributed by atoms with E-state index in [1.807, 2.05) is 6.92 Å². The molecule has 0 fully saturated rings. The van der Waals surface area contributed by atoms with Crippen LogP contribution in [0.2, 0.25) is 0 Å². The molecule has 0 aliphatic rings. The van der Waals surface area contributed by atoms with E-state index in [1.54, 1.807) is 24.3 Å². The van der Waals surface area contributed by atoms with E-state index in [-0.39, 0.29) is 11.6 Å². The summed E-state index contributed by atoms with van der Waals surface area (Å²) in [6, 6.07) is 10.6. The lowest BCUT2D eigenvalue weighted by Gasteiger charge is -2.10. The number of anilines is 2. The fraction of sp³-hybridized carbons (Fsp3) is 0.188. The van der Waals surface area contributed by atoms with Gasteiger partial charge in [-0.1, -0.05) is 13.0 Å². The van der Waals surface area contributed by atoms with Crippen LogP contribution in [0.4, 0.5) is 15.8 Å². The molecule has 110 valence electrons. The van der Waals surface area contributed by atoms with Gasteiger partial charge >= 0.3 is 0 Å². The molecule has 0 saturated carbocycles. The van der Waals surface area contributed by atoms with Gasteiger partial charge in [0.1, 0.15) is 11.6 Å². The number of halogens is 1. The smallest absolute Gasteiger partial charge is 0.255 e. The van der Waals surface area contributed by atoms with Gasteiger partial charge in [0.25, 0.3) is 5.91 Å². The Hall–Kier alpha value is -2.56. The minimum Gasteiger partial charge on any atom is -0.494 e. The molecule has 2 aromatic carbocycles. The fourth-order valence-electron chi connectivity index (χ4n) is 1.78. The van der Waals surface area contributed by atoms with Gasteiger partial charge in [-0.3, -0.25) is 4.79 Å². The third kappa shape index (κ3) is 3.95. The monoisotopic (exact) mass is 288 g/mol. The molecule has 2 aromatic rings. The lowest BCUT2D eigenvalue weighted by atomic mass is 10.2. The molecule has 0 unspecified atom stereocenters. The quantitative estimate of drug-likeness (QED) is 0.828. The summed E-state index contributed by atoms with van der Waals surface area (Å²) < 4.78 is 18.7. The minimum atomic E-state index is -0.459. The number of hydrogen-bond donors (Lipinski definition) is 2. The van der Waals surface area contributed by atoms with Gasteiger partial charge in [0.15, 0.2) is 0 Å². The number of nitrogens with one attached hydrogen (secondary N) is 1. The third-order valence-corrected chi connectivity index (χ3v) is 2.83. The maximum absolute atomic E-state index is 13.2. The minimum absolute atomic E-state index is 0.250. The van der Waals surface area contributed by atoms with Crippen LogP contribution >= 0.6 is 0 Å². The molecule has 0 aliphatic carbocycles. The summed E-state index contributed by atoms with van der Waals surface area (Å²) in [5.41, 5.74) is 6.69. The number of nitrogens with two attached hydrogens (primary N) is 1. The zero-order valence-corrected chi connectivity index (χ0v) is 11.7. The van der Waals surface area contributed by atoms with Crippen molar-refractivity contribution in [1.82, 2.24) is 0 Å². The van der Waals surface area contributed by atoms with Gasteiger partial charge in [0.2, 0.25) is 0 Å². The summed E-state index contributed by atoms with van der Waals surface area (Å²) in [4.78, 5) is 12.2. The molecule has 1 amide bonds. The van der Waals surface area contributed by atoms with Crippen molar-refractivity contribution >= 4 is 17.3 Å². The van der Waals surface area contributed by atoms with Crippen molar-refractivity contribution in [2.75, 3.05) is 17.7 Å². The maximum Gasteiger partial charge on any atom is 0.255 e. The predicted octanol–water partition coefficient (Wildman–Crippen LogP) is 3.45. The second kappa shape index (κ2) is 6.74. The lowest BCUT2D eigenvalue weighted by Crippen LogP contribution is -2.13. The van der Waals surface area contributed by atoms with Crippen molar-refractivity contribution in [3.05, 3.63) is 53.8 Å². The number of benzene rings is 2. The van der Waals surface area contributed by atoms with Gasteiger partial charge in [-0.15, -0.1) is 0 Å². The van der Waals surface area contributed by atoms with Crippen LogP contribution < -0.4 is 15.8 Å². The van der Waals surface area contributed by atoms with Crippen molar-refractivity contribution in [1.29, 1.82) is 0 Å². The summed E-state index contributed by atoms with van der Waals surface area (Å²) >= 11 is 0. The van der Waals surface area contributed by atoms with Crippen molar-refractivity contribution in [3.8, 4) is 5.75 Å². The third-order valence-electron chi connectivity index (χ3n) is 2.83. The van der Waals surface area contributed by atoms with Crippen LogP contribution in [0.25, 0.3) is 0 Å². The van der Waals surface area contributed by atoms with Gasteiger partial charge in [-0.05, 0) is 42.8 Å². The molecule has 0 bridgehead atoms. The second-order valence-electron chi connectivity index (χ2n) is 4.56. The molecule has 0 spiro atoms.